The van der Waals surface area contributed by atoms with Crippen LogP contribution in [0.5, 0.6) is 5.75 Å². The molecule has 0 heterocycles. The lowest BCUT2D eigenvalue weighted by Gasteiger charge is -2.35. The Morgan fingerprint density at radius 2 is 1.50 bits per heavy atom. The lowest BCUT2D eigenvalue weighted by molar-refractivity contribution is -0.228. The zero-order valence-electron chi connectivity index (χ0n) is 18.4. The summed E-state index contributed by atoms with van der Waals surface area (Å²) >= 11 is 0. The van der Waals surface area contributed by atoms with Gasteiger partial charge in [-0.1, -0.05) is 18.2 Å². The highest BCUT2D eigenvalue weighted by Crippen LogP contribution is 2.60. The van der Waals surface area contributed by atoms with Gasteiger partial charge >= 0.3 is 11.8 Å². The molecular weight excluding hydrogens is 462 g/mol. The number of rotatable bonds is 7. The predicted molar refractivity (Wildman–Crippen MR) is 113 cm³/mol. The largest absolute Gasteiger partial charge is 0.491 e. The Morgan fingerprint density at radius 3 is 2.09 bits per heavy atom. The van der Waals surface area contributed by atoms with Crippen molar-refractivity contribution < 1.29 is 40.6 Å². The average molecular weight is 484 g/mol. The Hall–Kier alpha value is -2.94. The number of alkyl halides is 4. The van der Waals surface area contributed by atoms with Crippen LogP contribution in [0, 0.1) is 11.6 Å². The molecule has 2 aromatic carbocycles. The zero-order valence-corrected chi connectivity index (χ0v) is 18.4. The Kier molecular flexibility index (Phi) is 6.42. The molecule has 4 rings (SSSR count). The molecule has 2 aliphatic rings. The Labute approximate surface area is 192 Å². The first-order chi connectivity index (χ1) is 16.1. The number of benzene rings is 2. The van der Waals surface area contributed by atoms with Gasteiger partial charge < -0.3 is 14.2 Å². The number of hydrogen-bond donors (Lipinski definition) is 0. The molecule has 9 heteroatoms. The van der Waals surface area contributed by atoms with Crippen molar-refractivity contribution in [3.8, 4) is 16.9 Å². The van der Waals surface area contributed by atoms with Crippen molar-refractivity contribution in [2.45, 2.75) is 44.8 Å². The van der Waals surface area contributed by atoms with Crippen LogP contribution in [0.2, 0.25) is 0 Å². The maximum absolute atomic E-state index is 15.2. The third-order valence-corrected chi connectivity index (χ3v) is 5.74. The second kappa shape index (κ2) is 9.02. The van der Waals surface area contributed by atoms with Crippen LogP contribution >= 0.6 is 0 Å². The monoisotopic (exact) mass is 484 g/mol. The van der Waals surface area contributed by atoms with E-state index >= 15 is 13.2 Å². The molecule has 0 radical (unpaired) electrons. The lowest BCUT2D eigenvalue weighted by atomic mass is 9.79. The van der Waals surface area contributed by atoms with Gasteiger partial charge in [0.2, 0.25) is 0 Å². The van der Waals surface area contributed by atoms with Crippen molar-refractivity contribution in [1.82, 2.24) is 0 Å². The van der Waals surface area contributed by atoms with Gasteiger partial charge in [0.15, 0.2) is 11.6 Å². The molecule has 0 amide bonds. The van der Waals surface area contributed by atoms with Crippen LogP contribution in [0.25, 0.3) is 11.1 Å². The quantitative estimate of drug-likeness (QED) is 0.397. The SMILES string of the molecule is CCOc1ccc2c(c1F)C(F)(F)C(F)(F)c1c-2ccc(COC2=CCC(OCC)C=C2)c1F. The Balaban J connectivity index is 1.71. The van der Waals surface area contributed by atoms with E-state index in [0.29, 0.717) is 18.8 Å². The van der Waals surface area contributed by atoms with E-state index in [1.54, 1.807) is 18.2 Å². The van der Waals surface area contributed by atoms with Crippen molar-refractivity contribution >= 4 is 0 Å². The topological polar surface area (TPSA) is 27.7 Å². The summed E-state index contributed by atoms with van der Waals surface area (Å²) < 4.78 is 106. The first-order valence-corrected chi connectivity index (χ1v) is 10.8. The third-order valence-electron chi connectivity index (χ3n) is 5.74. The highest BCUT2D eigenvalue weighted by atomic mass is 19.3. The summed E-state index contributed by atoms with van der Waals surface area (Å²) in [6.45, 7) is 3.37. The molecule has 3 nitrogen and oxygen atoms in total. The number of halogens is 6. The van der Waals surface area contributed by atoms with Crippen LogP contribution in [-0.4, -0.2) is 19.3 Å². The van der Waals surface area contributed by atoms with Gasteiger partial charge in [-0.2, -0.15) is 17.6 Å². The van der Waals surface area contributed by atoms with Gasteiger partial charge in [0.1, 0.15) is 18.2 Å². The van der Waals surface area contributed by atoms with Gasteiger partial charge in [0, 0.05) is 12.2 Å². The van der Waals surface area contributed by atoms with Crippen LogP contribution < -0.4 is 4.74 Å². The molecule has 0 aliphatic heterocycles. The fraction of sp³-hybridized carbons (Fsp3) is 0.360. The van der Waals surface area contributed by atoms with Crippen molar-refractivity contribution in [2.24, 2.45) is 0 Å². The fourth-order valence-corrected chi connectivity index (χ4v) is 4.12. The van der Waals surface area contributed by atoms with E-state index in [1.165, 1.54) is 13.0 Å². The van der Waals surface area contributed by atoms with Gasteiger partial charge in [-0.25, -0.2) is 8.78 Å². The normalized spacial score (nSPS) is 19.8. The van der Waals surface area contributed by atoms with Crippen LogP contribution in [0.1, 0.15) is 37.0 Å². The molecule has 0 aromatic heterocycles. The van der Waals surface area contributed by atoms with E-state index in [4.69, 9.17) is 14.2 Å². The van der Waals surface area contributed by atoms with Gasteiger partial charge in [-0.15, -0.1) is 0 Å². The standard InChI is InChI=1S/C25H22F6O3/c1-3-32-15-6-8-16(9-7-15)34-13-14-5-10-17-18-11-12-19(33-4-2)23(27)21(18)25(30,31)24(28,29)20(17)22(14)26/h5-6,8-12,15H,3-4,7,13H2,1-2H3. The summed E-state index contributed by atoms with van der Waals surface area (Å²) in [6.07, 6.45) is 5.45. The second-order valence-corrected chi connectivity index (χ2v) is 7.83. The van der Waals surface area contributed by atoms with Crippen LogP contribution in [0.3, 0.4) is 0 Å². The maximum Gasteiger partial charge on any atom is 0.343 e. The zero-order chi connectivity index (χ0) is 24.7. The highest BCUT2D eigenvalue weighted by Gasteiger charge is 2.65. The molecule has 2 aromatic rings. The molecule has 1 unspecified atom stereocenters. The summed E-state index contributed by atoms with van der Waals surface area (Å²) in [5.41, 5.74) is -4.35. The molecule has 0 bridgehead atoms. The molecule has 2 aliphatic carbocycles. The smallest absolute Gasteiger partial charge is 0.343 e. The van der Waals surface area contributed by atoms with E-state index in [9.17, 15) is 13.2 Å². The number of hydrogen-bond acceptors (Lipinski definition) is 3. The van der Waals surface area contributed by atoms with E-state index < -0.39 is 58.1 Å². The van der Waals surface area contributed by atoms with Crippen molar-refractivity contribution in [2.75, 3.05) is 13.2 Å². The first kappa shape index (κ1) is 24.2. The molecule has 0 spiro atoms. The maximum atomic E-state index is 15.2. The van der Waals surface area contributed by atoms with E-state index in [0.717, 1.165) is 18.2 Å². The van der Waals surface area contributed by atoms with Gasteiger partial charge in [-0.3, -0.25) is 0 Å². The van der Waals surface area contributed by atoms with Gasteiger partial charge in [0.25, 0.3) is 0 Å². The van der Waals surface area contributed by atoms with Crippen LogP contribution in [0.4, 0.5) is 26.3 Å². The Bertz CT molecular complexity index is 1160. The van der Waals surface area contributed by atoms with E-state index in [1.807, 2.05) is 6.92 Å². The summed E-state index contributed by atoms with van der Waals surface area (Å²) in [4.78, 5) is 0. The van der Waals surface area contributed by atoms with Crippen molar-refractivity contribution in [1.29, 1.82) is 0 Å². The molecule has 182 valence electrons. The molecule has 1 atom stereocenters. The average Bonchev–Trinajstić information content (AvgIpc) is 2.79. The third kappa shape index (κ3) is 3.85. The number of allylic oxidation sites excluding steroid dienone is 1. The van der Waals surface area contributed by atoms with E-state index in [2.05, 4.69) is 0 Å². The molecule has 0 fully saturated rings. The van der Waals surface area contributed by atoms with Crippen molar-refractivity contribution in [3.63, 3.8) is 0 Å². The van der Waals surface area contributed by atoms with Crippen molar-refractivity contribution in [3.05, 3.63) is 76.6 Å². The highest BCUT2D eigenvalue weighted by molar-refractivity contribution is 5.77. The summed E-state index contributed by atoms with van der Waals surface area (Å²) in [5, 5.41) is 0. The van der Waals surface area contributed by atoms with Crippen LogP contribution in [0.15, 0.2) is 48.3 Å². The minimum Gasteiger partial charge on any atom is -0.491 e. The fourth-order valence-electron chi connectivity index (χ4n) is 4.12. The van der Waals surface area contributed by atoms with E-state index in [-0.39, 0.29) is 18.3 Å². The summed E-state index contributed by atoms with van der Waals surface area (Å²) in [5.74, 6) is -13.3. The van der Waals surface area contributed by atoms with Gasteiger partial charge in [0.05, 0.1) is 23.8 Å². The minimum atomic E-state index is -5.00. The minimum absolute atomic E-state index is 0.0514. The Morgan fingerprint density at radius 1 is 0.853 bits per heavy atom. The number of ether oxygens (including phenoxy) is 3. The molecule has 34 heavy (non-hydrogen) atoms. The number of fused-ring (bicyclic) bond motifs is 3. The summed E-state index contributed by atoms with van der Waals surface area (Å²) in [7, 11) is 0. The molecule has 0 N–H and O–H groups in total. The molecule has 0 saturated heterocycles. The molecular formula is C25H22F6O3. The van der Waals surface area contributed by atoms with Gasteiger partial charge in [-0.05, 0) is 55.7 Å². The lowest BCUT2D eigenvalue weighted by Crippen LogP contribution is -2.41. The summed E-state index contributed by atoms with van der Waals surface area (Å²) in [6, 6.07) is 4.35. The first-order valence-electron chi connectivity index (χ1n) is 10.8. The molecule has 0 saturated carbocycles. The van der Waals surface area contributed by atoms with Crippen LogP contribution in [-0.2, 0) is 27.9 Å². The second-order valence-electron chi connectivity index (χ2n) is 7.83. The predicted octanol–water partition coefficient (Wildman–Crippen LogP) is 6.99.